The standard InChI is InChI=1S/C17H17N3O2/c1-10-5-13(4)20(17(22)15(10)8-18)19-9-14-6-11(2)16(21)12(3)7-14/h5-7,9,21H,1-4H3. The van der Waals surface area contributed by atoms with Crippen LogP contribution in [0.5, 0.6) is 5.75 Å². The summed E-state index contributed by atoms with van der Waals surface area (Å²) in [6, 6.07) is 7.24. The molecule has 1 aromatic carbocycles. The SMILES string of the molecule is Cc1cc(C=Nn2c(C)cc(C)c(C#N)c2=O)cc(C)c1O. The number of benzene rings is 1. The number of aromatic hydroxyl groups is 1. The van der Waals surface area contributed by atoms with Gasteiger partial charge >= 0.3 is 0 Å². The van der Waals surface area contributed by atoms with Gasteiger partial charge in [-0.2, -0.15) is 10.4 Å². The van der Waals surface area contributed by atoms with Gasteiger partial charge in [0.05, 0.1) is 6.21 Å². The number of phenolic OH excluding ortho intramolecular Hbond substituents is 1. The summed E-state index contributed by atoms with van der Waals surface area (Å²) in [6.45, 7) is 7.10. The molecular weight excluding hydrogens is 278 g/mol. The summed E-state index contributed by atoms with van der Waals surface area (Å²) < 4.78 is 1.21. The van der Waals surface area contributed by atoms with E-state index < -0.39 is 5.56 Å². The highest BCUT2D eigenvalue weighted by atomic mass is 16.3. The van der Waals surface area contributed by atoms with E-state index in [1.54, 1.807) is 52.1 Å². The van der Waals surface area contributed by atoms with Crippen LogP contribution in [0.1, 0.15) is 33.5 Å². The number of hydrogen-bond acceptors (Lipinski definition) is 4. The average molecular weight is 295 g/mol. The molecule has 112 valence electrons. The topological polar surface area (TPSA) is 78.4 Å². The second-order valence-electron chi connectivity index (χ2n) is 5.32. The second-order valence-corrected chi connectivity index (χ2v) is 5.32. The third-order valence-electron chi connectivity index (χ3n) is 3.51. The molecule has 1 aromatic heterocycles. The molecule has 2 aromatic rings. The van der Waals surface area contributed by atoms with E-state index in [2.05, 4.69) is 5.10 Å². The predicted molar refractivity (Wildman–Crippen MR) is 85.5 cm³/mol. The highest BCUT2D eigenvalue weighted by molar-refractivity contribution is 5.80. The average Bonchev–Trinajstić information content (AvgIpc) is 2.44. The maximum absolute atomic E-state index is 12.2. The van der Waals surface area contributed by atoms with E-state index in [0.717, 1.165) is 16.7 Å². The van der Waals surface area contributed by atoms with Crippen LogP contribution in [0.4, 0.5) is 0 Å². The monoisotopic (exact) mass is 295 g/mol. The Balaban J connectivity index is 2.52. The summed E-state index contributed by atoms with van der Waals surface area (Å²) in [5, 5.41) is 23.0. The van der Waals surface area contributed by atoms with Crippen molar-refractivity contribution >= 4 is 6.21 Å². The van der Waals surface area contributed by atoms with Gasteiger partial charge in [0.2, 0.25) is 0 Å². The van der Waals surface area contributed by atoms with Crippen LogP contribution in [0.15, 0.2) is 28.1 Å². The molecule has 5 nitrogen and oxygen atoms in total. The third kappa shape index (κ3) is 2.77. The number of nitriles is 1. The van der Waals surface area contributed by atoms with Crippen molar-refractivity contribution in [1.29, 1.82) is 5.26 Å². The van der Waals surface area contributed by atoms with Crippen molar-refractivity contribution in [3.63, 3.8) is 0 Å². The maximum Gasteiger partial charge on any atom is 0.289 e. The minimum Gasteiger partial charge on any atom is -0.507 e. The van der Waals surface area contributed by atoms with Gasteiger partial charge in [-0.05, 0) is 68.1 Å². The van der Waals surface area contributed by atoms with E-state index in [1.165, 1.54) is 4.68 Å². The molecule has 0 fully saturated rings. The number of aromatic nitrogens is 1. The molecule has 0 aliphatic carbocycles. The first-order chi connectivity index (χ1) is 10.3. The van der Waals surface area contributed by atoms with Gasteiger partial charge in [0.25, 0.3) is 5.56 Å². The fourth-order valence-electron chi connectivity index (χ4n) is 2.35. The Morgan fingerprint density at radius 2 is 1.73 bits per heavy atom. The number of hydrogen-bond donors (Lipinski definition) is 1. The Kier molecular flexibility index (Phi) is 4.13. The quantitative estimate of drug-likeness (QED) is 0.865. The van der Waals surface area contributed by atoms with E-state index in [0.29, 0.717) is 11.3 Å². The van der Waals surface area contributed by atoms with Crippen molar-refractivity contribution in [2.45, 2.75) is 27.7 Å². The highest BCUT2D eigenvalue weighted by Gasteiger charge is 2.09. The number of rotatable bonds is 2. The number of aryl methyl sites for hydroxylation is 4. The van der Waals surface area contributed by atoms with Crippen LogP contribution in [-0.4, -0.2) is 16.0 Å². The molecule has 0 saturated heterocycles. The van der Waals surface area contributed by atoms with Crippen LogP contribution in [0.25, 0.3) is 0 Å². The Morgan fingerprint density at radius 1 is 1.14 bits per heavy atom. The first-order valence-corrected chi connectivity index (χ1v) is 6.83. The molecule has 0 unspecified atom stereocenters. The van der Waals surface area contributed by atoms with E-state index in [-0.39, 0.29) is 11.3 Å². The van der Waals surface area contributed by atoms with Gasteiger partial charge in [-0.1, -0.05) is 0 Å². The smallest absolute Gasteiger partial charge is 0.289 e. The Hall–Kier alpha value is -2.87. The zero-order chi connectivity index (χ0) is 16.4. The Labute approximate surface area is 128 Å². The normalized spacial score (nSPS) is 10.9. The highest BCUT2D eigenvalue weighted by Crippen LogP contribution is 2.22. The summed E-state index contributed by atoms with van der Waals surface area (Å²) in [5.74, 6) is 0.257. The minimum atomic E-state index is -0.427. The molecule has 0 spiro atoms. The minimum absolute atomic E-state index is 0.0980. The van der Waals surface area contributed by atoms with Gasteiger partial charge < -0.3 is 5.11 Å². The molecule has 1 heterocycles. The summed E-state index contributed by atoms with van der Waals surface area (Å²) >= 11 is 0. The first-order valence-electron chi connectivity index (χ1n) is 6.83. The fourth-order valence-corrected chi connectivity index (χ4v) is 2.35. The largest absolute Gasteiger partial charge is 0.507 e. The van der Waals surface area contributed by atoms with Gasteiger partial charge in [0.1, 0.15) is 17.4 Å². The Morgan fingerprint density at radius 3 is 2.27 bits per heavy atom. The first kappa shape index (κ1) is 15.5. The zero-order valence-corrected chi connectivity index (χ0v) is 13.0. The van der Waals surface area contributed by atoms with Crippen LogP contribution in [0.3, 0.4) is 0 Å². The molecule has 2 rings (SSSR count). The lowest BCUT2D eigenvalue weighted by atomic mass is 10.1. The lowest BCUT2D eigenvalue weighted by Gasteiger charge is -2.07. The van der Waals surface area contributed by atoms with Crippen LogP contribution < -0.4 is 5.56 Å². The second kappa shape index (κ2) is 5.86. The molecular formula is C17H17N3O2. The molecule has 0 aliphatic rings. The van der Waals surface area contributed by atoms with Crippen LogP contribution >= 0.6 is 0 Å². The maximum atomic E-state index is 12.2. The molecule has 0 atom stereocenters. The van der Waals surface area contributed by atoms with Crippen molar-refractivity contribution in [3.8, 4) is 11.8 Å². The number of pyridine rings is 1. The van der Waals surface area contributed by atoms with Crippen molar-refractivity contribution in [2.24, 2.45) is 5.10 Å². The summed E-state index contributed by atoms with van der Waals surface area (Å²) in [5.41, 5.74) is 3.24. The van der Waals surface area contributed by atoms with E-state index in [1.807, 2.05) is 6.07 Å². The Bertz CT molecular complexity index is 848. The predicted octanol–water partition coefficient (Wildman–Crippen LogP) is 2.54. The van der Waals surface area contributed by atoms with Gasteiger partial charge in [-0.25, -0.2) is 4.68 Å². The van der Waals surface area contributed by atoms with E-state index in [4.69, 9.17) is 5.26 Å². The lowest BCUT2D eigenvalue weighted by Crippen LogP contribution is -2.22. The van der Waals surface area contributed by atoms with Gasteiger partial charge in [-0.3, -0.25) is 4.79 Å². The van der Waals surface area contributed by atoms with Crippen LogP contribution in [0.2, 0.25) is 0 Å². The zero-order valence-electron chi connectivity index (χ0n) is 13.0. The summed E-state index contributed by atoms with van der Waals surface area (Å²) in [6.07, 6.45) is 1.55. The summed E-state index contributed by atoms with van der Waals surface area (Å²) in [7, 11) is 0. The van der Waals surface area contributed by atoms with Crippen molar-refractivity contribution in [2.75, 3.05) is 0 Å². The molecule has 0 amide bonds. The summed E-state index contributed by atoms with van der Waals surface area (Å²) in [4.78, 5) is 12.2. The van der Waals surface area contributed by atoms with E-state index >= 15 is 0 Å². The fraction of sp³-hybridized carbons (Fsp3) is 0.235. The van der Waals surface area contributed by atoms with E-state index in [9.17, 15) is 9.90 Å². The van der Waals surface area contributed by atoms with Crippen LogP contribution in [0, 0.1) is 39.0 Å². The molecule has 0 aliphatic heterocycles. The molecule has 0 bridgehead atoms. The number of phenols is 1. The lowest BCUT2D eigenvalue weighted by molar-refractivity contribution is 0.467. The van der Waals surface area contributed by atoms with Gasteiger partial charge in [0, 0.05) is 5.69 Å². The van der Waals surface area contributed by atoms with Crippen molar-refractivity contribution in [3.05, 3.63) is 62.1 Å². The molecule has 22 heavy (non-hydrogen) atoms. The van der Waals surface area contributed by atoms with Crippen molar-refractivity contribution in [1.82, 2.24) is 4.68 Å². The molecule has 1 N–H and O–H groups in total. The number of nitrogens with zero attached hydrogens (tertiary/aromatic N) is 3. The van der Waals surface area contributed by atoms with Crippen LogP contribution in [-0.2, 0) is 0 Å². The third-order valence-corrected chi connectivity index (χ3v) is 3.51. The molecule has 0 saturated carbocycles. The van der Waals surface area contributed by atoms with Gasteiger partial charge in [-0.15, -0.1) is 0 Å². The molecule has 5 heteroatoms. The van der Waals surface area contributed by atoms with Crippen molar-refractivity contribution < 1.29 is 5.11 Å². The molecule has 0 radical (unpaired) electrons. The van der Waals surface area contributed by atoms with Gasteiger partial charge in [0.15, 0.2) is 0 Å².